The lowest BCUT2D eigenvalue weighted by atomic mass is 9.64. The van der Waals surface area contributed by atoms with Gasteiger partial charge in [0.25, 0.3) is 0 Å². The molecule has 0 saturated heterocycles. The molecular formula is C16H24N2O2. The van der Waals surface area contributed by atoms with E-state index >= 15 is 0 Å². The molecule has 2 rings (SSSR count). The summed E-state index contributed by atoms with van der Waals surface area (Å²) in [5.74, 6) is 0.784. The summed E-state index contributed by atoms with van der Waals surface area (Å²) in [4.78, 5) is 12.0. The van der Waals surface area contributed by atoms with E-state index < -0.39 is 5.54 Å². The molecule has 1 amide bonds. The van der Waals surface area contributed by atoms with Crippen LogP contribution in [0, 0.1) is 0 Å². The number of nitrogens with one attached hydrogen (secondary N) is 1. The first-order valence-electron chi connectivity index (χ1n) is 7.10. The van der Waals surface area contributed by atoms with Crippen molar-refractivity contribution in [1.29, 1.82) is 0 Å². The SMILES string of the molecule is COc1ccccc1C1(CNC(=O)C(C)(C)N)CCC1. The van der Waals surface area contributed by atoms with Gasteiger partial charge in [-0.15, -0.1) is 0 Å². The lowest BCUT2D eigenvalue weighted by Gasteiger charge is -2.43. The Hall–Kier alpha value is -1.55. The maximum atomic E-state index is 12.0. The fourth-order valence-corrected chi connectivity index (χ4v) is 2.70. The molecule has 20 heavy (non-hydrogen) atoms. The topological polar surface area (TPSA) is 64.3 Å². The average molecular weight is 276 g/mol. The van der Waals surface area contributed by atoms with E-state index in [2.05, 4.69) is 11.4 Å². The first kappa shape index (κ1) is 14.9. The lowest BCUT2D eigenvalue weighted by Crippen LogP contribution is -2.54. The van der Waals surface area contributed by atoms with Crippen LogP contribution in [0.1, 0.15) is 38.7 Å². The molecular weight excluding hydrogens is 252 g/mol. The van der Waals surface area contributed by atoms with Crippen LogP contribution in [0.15, 0.2) is 24.3 Å². The van der Waals surface area contributed by atoms with Crippen LogP contribution >= 0.6 is 0 Å². The summed E-state index contributed by atoms with van der Waals surface area (Å²) >= 11 is 0. The summed E-state index contributed by atoms with van der Waals surface area (Å²) in [5, 5.41) is 3.00. The molecule has 110 valence electrons. The van der Waals surface area contributed by atoms with Gasteiger partial charge in [0.15, 0.2) is 0 Å². The van der Waals surface area contributed by atoms with Crippen LogP contribution in [0.25, 0.3) is 0 Å². The number of ether oxygens (including phenoxy) is 1. The molecule has 1 aromatic carbocycles. The average Bonchev–Trinajstić information content (AvgIpc) is 2.36. The summed E-state index contributed by atoms with van der Waals surface area (Å²) < 4.78 is 5.46. The molecule has 0 unspecified atom stereocenters. The van der Waals surface area contributed by atoms with Gasteiger partial charge in [-0.2, -0.15) is 0 Å². The number of hydrogen-bond donors (Lipinski definition) is 2. The predicted molar refractivity (Wildman–Crippen MR) is 79.8 cm³/mol. The highest BCUT2D eigenvalue weighted by atomic mass is 16.5. The summed E-state index contributed by atoms with van der Waals surface area (Å²) in [6, 6.07) is 8.06. The predicted octanol–water partition coefficient (Wildman–Crippen LogP) is 1.97. The highest BCUT2D eigenvalue weighted by molar-refractivity contribution is 5.85. The standard InChI is InChI=1S/C16H24N2O2/c1-15(2,17)14(19)18-11-16(9-6-10-16)12-7-4-5-8-13(12)20-3/h4-5,7-8H,6,9-11,17H2,1-3H3,(H,18,19). The van der Waals surface area contributed by atoms with Crippen molar-refractivity contribution in [2.75, 3.05) is 13.7 Å². The minimum atomic E-state index is -0.842. The van der Waals surface area contributed by atoms with Gasteiger partial charge in [-0.25, -0.2) is 0 Å². The number of carbonyl (C=O) groups excluding carboxylic acids is 1. The monoisotopic (exact) mass is 276 g/mol. The summed E-state index contributed by atoms with van der Waals surface area (Å²) in [7, 11) is 1.69. The highest BCUT2D eigenvalue weighted by Crippen LogP contribution is 2.46. The van der Waals surface area contributed by atoms with Crippen molar-refractivity contribution in [1.82, 2.24) is 5.32 Å². The lowest BCUT2D eigenvalue weighted by molar-refractivity contribution is -0.125. The van der Waals surface area contributed by atoms with Crippen molar-refractivity contribution < 1.29 is 9.53 Å². The minimum Gasteiger partial charge on any atom is -0.496 e. The zero-order valence-electron chi connectivity index (χ0n) is 12.5. The number of benzene rings is 1. The van der Waals surface area contributed by atoms with Gasteiger partial charge in [0.1, 0.15) is 5.75 Å². The van der Waals surface area contributed by atoms with Crippen molar-refractivity contribution >= 4 is 5.91 Å². The van der Waals surface area contributed by atoms with Gasteiger partial charge in [-0.3, -0.25) is 4.79 Å². The zero-order valence-corrected chi connectivity index (χ0v) is 12.5. The van der Waals surface area contributed by atoms with Crippen LogP contribution in [0.5, 0.6) is 5.75 Å². The number of hydrogen-bond acceptors (Lipinski definition) is 3. The Kier molecular flexibility index (Phi) is 4.04. The quantitative estimate of drug-likeness (QED) is 0.864. The van der Waals surface area contributed by atoms with Crippen molar-refractivity contribution in [3.8, 4) is 5.75 Å². The highest BCUT2D eigenvalue weighted by Gasteiger charge is 2.41. The second kappa shape index (κ2) is 5.44. The van der Waals surface area contributed by atoms with Crippen molar-refractivity contribution in [2.45, 2.75) is 44.1 Å². The number of rotatable bonds is 5. The molecule has 1 aromatic rings. The van der Waals surface area contributed by atoms with E-state index in [0.717, 1.165) is 18.6 Å². The minimum absolute atomic E-state index is 0.00644. The summed E-state index contributed by atoms with van der Waals surface area (Å²) in [6.07, 6.45) is 3.32. The van der Waals surface area contributed by atoms with Gasteiger partial charge in [-0.1, -0.05) is 24.6 Å². The number of carbonyl (C=O) groups is 1. The molecule has 0 radical (unpaired) electrons. The van der Waals surface area contributed by atoms with E-state index in [1.54, 1.807) is 21.0 Å². The van der Waals surface area contributed by atoms with Crippen LogP contribution in [0.4, 0.5) is 0 Å². The number of nitrogens with two attached hydrogens (primary N) is 1. The third-order valence-electron chi connectivity index (χ3n) is 4.16. The van der Waals surface area contributed by atoms with E-state index in [9.17, 15) is 4.79 Å². The van der Waals surface area contributed by atoms with Crippen LogP contribution in [0.2, 0.25) is 0 Å². The Morgan fingerprint density at radius 3 is 2.55 bits per heavy atom. The normalized spacial score (nSPS) is 17.2. The van der Waals surface area contributed by atoms with Crippen LogP contribution < -0.4 is 15.8 Å². The van der Waals surface area contributed by atoms with Gasteiger partial charge >= 0.3 is 0 Å². The molecule has 0 atom stereocenters. The number of methoxy groups -OCH3 is 1. The van der Waals surface area contributed by atoms with Crippen LogP contribution in [-0.2, 0) is 10.2 Å². The molecule has 1 aliphatic rings. The van der Waals surface area contributed by atoms with E-state index in [4.69, 9.17) is 10.5 Å². The fourth-order valence-electron chi connectivity index (χ4n) is 2.70. The Labute approximate surface area is 120 Å². The van der Waals surface area contributed by atoms with E-state index in [0.29, 0.717) is 6.54 Å². The van der Waals surface area contributed by atoms with Gasteiger partial charge in [0.2, 0.25) is 5.91 Å². The van der Waals surface area contributed by atoms with Gasteiger partial charge in [0, 0.05) is 17.5 Å². The van der Waals surface area contributed by atoms with Crippen LogP contribution in [0.3, 0.4) is 0 Å². The van der Waals surface area contributed by atoms with Crippen molar-refractivity contribution in [3.63, 3.8) is 0 Å². The molecule has 4 nitrogen and oxygen atoms in total. The van der Waals surface area contributed by atoms with Crippen LogP contribution in [-0.4, -0.2) is 25.1 Å². The van der Waals surface area contributed by atoms with Gasteiger partial charge in [-0.05, 0) is 32.8 Å². The maximum Gasteiger partial charge on any atom is 0.239 e. The fraction of sp³-hybridized carbons (Fsp3) is 0.562. The Balaban J connectivity index is 2.16. The van der Waals surface area contributed by atoms with E-state index in [1.807, 2.05) is 18.2 Å². The molecule has 0 aromatic heterocycles. The van der Waals surface area contributed by atoms with E-state index in [-0.39, 0.29) is 11.3 Å². The number of amides is 1. The first-order valence-corrected chi connectivity index (χ1v) is 7.10. The molecule has 0 heterocycles. The number of para-hydroxylation sites is 1. The molecule has 0 bridgehead atoms. The summed E-state index contributed by atoms with van der Waals surface area (Å²) in [6.45, 7) is 4.06. The molecule has 1 aliphatic carbocycles. The maximum absolute atomic E-state index is 12.0. The molecule has 4 heteroatoms. The van der Waals surface area contributed by atoms with Crippen molar-refractivity contribution in [3.05, 3.63) is 29.8 Å². The molecule has 1 fully saturated rings. The third-order valence-corrected chi connectivity index (χ3v) is 4.16. The second-order valence-electron chi connectivity index (χ2n) is 6.24. The van der Waals surface area contributed by atoms with Crippen molar-refractivity contribution in [2.24, 2.45) is 5.73 Å². The van der Waals surface area contributed by atoms with Gasteiger partial charge in [0.05, 0.1) is 12.6 Å². The Bertz CT molecular complexity index is 487. The molecule has 0 spiro atoms. The second-order valence-corrected chi connectivity index (χ2v) is 6.24. The Morgan fingerprint density at radius 2 is 2.05 bits per heavy atom. The molecule has 3 N–H and O–H groups in total. The zero-order chi connectivity index (χ0) is 14.8. The summed E-state index contributed by atoms with van der Waals surface area (Å²) in [5.41, 5.74) is 6.16. The van der Waals surface area contributed by atoms with E-state index in [1.165, 1.54) is 12.0 Å². The first-order chi connectivity index (χ1) is 9.39. The third kappa shape index (κ3) is 2.80. The molecule has 1 saturated carbocycles. The molecule has 0 aliphatic heterocycles. The Morgan fingerprint density at radius 1 is 1.40 bits per heavy atom. The largest absolute Gasteiger partial charge is 0.496 e. The van der Waals surface area contributed by atoms with Gasteiger partial charge < -0.3 is 15.8 Å². The smallest absolute Gasteiger partial charge is 0.239 e.